The second-order valence-corrected chi connectivity index (χ2v) is 6.84. The summed E-state index contributed by atoms with van der Waals surface area (Å²) in [6.45, 7) is 0.908. The second-order valence-electron chi connectivity index (χ2n) is 6.84. The number of likely N-dealkylation sites (tertiary alicyclic amines) is 1. The largest absolute Gasteiger partial charge is 0.465 e. The molecule has 8 heteroatoms. The van der Waals surface area contributed by atoms with Crippen molar-refractivity contribution in [1.82, 2.24) is 9.88 Å². The van der Waals surface area contributed by atoms with Crippen LogP contribution in [0.1, 0.15) is 35.0 Å². The maximum atomic E-state index is 14.1. The first-order valence-electron chi connectivity index (χ1n) is 8.90. The van der Waals surface area contributed by atoms with Crippen molar-refractivity contribution in [2.75, 3.05) is 13.1 Å². The number of aromatic nitrogens is 1. The van der Waals surface area contributed by atoms with Gasteiger partial charge in [-0.05, 0) is 48.2 Å². The molecular formula is C20H18FN3O4. The van der Waals surface area contributed by atoms with Crippen molar-refractivity contribution in [3.63, 3.8) is 0 Å². The van der Waals surface area contributed by atoms with E-state index in [9.17, 15) is 14.0 Å². The predicted octanol–water partition coefficient (Wildman–Crippen LogP) is 3.59. The zero-order chi connectivity index (χ0) is 19.8. The maximum absolute atomic E-state index is 14.1. The number of oxazole rings is 1. The van der Waals surface area contributed by atoms with Gasteiger partial charge in [0, 0.05) is 19.0 Å². The van der Waals surface area contributed by atoms with Crippen molar-refractivity contribution in [2.45, 2.75) is 18.8 Å². The number of carbonyl (C=O) groups is 2. The normalized spacial score (nSPS) is 15.1. The summed E-state index contributed by atoms with van der Waals surface area (Å²) in [7, 11) is 0. The number of nitrogens with two attached hydrogens (primary N) is 1. The Bertz CT molecular complexity index is 1070. The number of rotatable bonds is 3. The lowest BCUT2D eigenvalue weighted by atomic mass is 9.97. The van der Waals surface area contributed by atoms with Gasteiger partial charge in [0.2, 0.25) is 0 Å². The minimum atomic E-state index is -0.907. The van der Waals surface area contributed by atoms with Gasteiger partial charge in [0.05, 0.1) is 5.56 Å². The molecule has 0 bridgehead atoms. The summed E-state index contributed by atoms with van der Waals surface area (Å²) in [5.74, 6) is -0.822. The Morgan fingerprint density at radius 1 is 1.14 bits per heavy atom. The van der Waals surface area contributed by atoms with Gasteiger partial charge in [-0.15, -0.1) is 0 Å². The molecular weight excluding hydrogens is 365 g/mol. The number of hydrogen-bond acceptors (Lipinski definition) is 4. The quantitative estimate of drug-likeness (QED) is 0.718. The molecule has 2 amide bonds. The van der Waals surface area contributed by atoms with Gasteiger partial charge in [0.1, 0.15) is 11.3 Å². The molecule has 3 aromatic rings. The van der Waals surface area contributed by atoms with E-state index in [1.807, 2.05) is 0 Å². The summed E-state index contributed by atoms with van der Waals surface area (Å²) in [5, 5.41) is 9.05. The smallest absolute Gasteiger partial charge is 0.407 e. The Morgan fingerprint density at radius 2 is 1.82 bits per heavy atom. The highest BCUT2D eigenvalue weighted by Crippen LogP contribution is 2.32. The Kier molecular flexibility index (Phi) is 4.46. The average molecular weight is 383 g/mol. The summed E-state index contributed by atoms with van der Waals surface area (Å²) in [5.41, 5.74) is 7.59. The molecule has 4 rings (SSSR count). The summed E-state index contributed by atoms with van der Waals surface area (Å²) in [6, 6.07) is 9.63. The number of amides is 2. The molecule has 0 unspecified atom stereocenters. The Morgan fingerprint density at radius 3 is 2.46 bits per heavy atom. The highest BCUT2D eigenvalue weighted by Gasteiger charge is 2.26. The monoisotopic (exact) mass is 383 g/mol. The van der Waals surface area contributed by atoms with E-state index in [0.717, 1.165) is 5.56 Å². The minimum Gasteiger partial charge on any atom is -0.465 e. The lowest BCUT2D eigenvalue weighted by Gasteiger charge is -2.28. The average Bonchev–Trinajstić information content (AvgIpc) is 3.11. The lowest BCUT2D eigenvalue weighted by Crippen LogP contribution is -2.36. The van der Waals surface area contributed by atoms with E-state index >= 15 is 0 Å². The Balaban J connectivity index is 1.60. The standard InChI is InChI=1S/C20H18FN3O4/c21-15-9-12(1-3-14(15)18(22)25)13-2-4-17-16(10-13)23-19(28-17)11-5-7-24(8-6-11)20(26)27/h1-4,9-11H,5-8H2,(H2,22,25)(H,26,27). The van der Waals surface area contributed by atoms with Gasteiger partial charge in [-0.2, -0.15) is 0 Å². The van der Waals surface area contributed by atoms with Gasteiger partial charge >= 0.3 is 6.09 Å². The first-order chi connectivity index (χ1) is 13.4. The molecule has 1 aromatic heterocycles. The van der Waals surface area contributed by atoms with E-state index in [2.05, 4.69) is 4.98 Å². The lowest BCUT2D eigenvalue weighted by molar-refractivity contribution is 0.0996. The topological polar surface area (TPSA) is 110 Å². The number of carboxylic acid groups (broad SMARTS) is 1. The van der Waals surface area contributed by atoms with Crippen LogP contribution in [0.2, 0.25) is 0 Å². The van der Waals surface area contributed by atoms with Crippen molar-refractivity contribution in [2.24, 2.45) is 5.73 Å². The SMILES string of the molecule is NC(=O)c1ccc(-c2ccc3oc(C4CCN(C(=O)O)CC4)nc3c2)cc1F. The fraction of sp³-hybridized carbons (Fsp3) is 0.250. The van der Waals surface area contributed by atoms with Crippen LogP contribution in [-0.2, 0) is 0 Å². The van der Waals surface area contributed by atoms with Gasteiger partial charge in [-0.25, -0.2) is 14.2 Å². The second kappa shape index (κ2) is 6.95. The number of nitrogens with zero attached hydrogens (tertiary/aromatic N) is 2. The van der Waals surface area contributed by atoms with Crippen LogP contribution in [0.5, 0.6) is 0 Å². The third-order valence-corrected chi connectivity index (χ3v) is 5.09. The van der Waals surface area contributed by atoms with E-state index in [0.29, 0.717) is 48.5 Å². The number of fused-ring (bicyclic) bond motifs is 1. The third kappa shape index (κ3) is 3.28. The summed E-state index contributed by atoms with van der Waals surface area (Å²) < 4.78 is 19.9. The van der Waals surface area contributed by atoms with Crippen molar-refractivity contribution >= 4 is 23.1 Å². The zero-order valence-electron chi connectivity index (χ0n) is 14.9. The number of carbonyl (C=O) groups excluding carboxylic acids is 1. The Hall–Kier alpha value is -3.42. The molecule has 0 saturated carbocycles. The van der Waals surface area contributed by atoms with Crippen molar-refractivity contribution in [1.29, 1.82) is 0 Å². The third-order valence-electron chi connectivity index (χ3n) is 5.09. The van der Waals surface area contributed by atoms with E-state index in [1.165, 1.54) is 17.0 Å². The van der Waals surface area contributed by atoms with Crippen LogP contribution in [0.4, 0.5) is 9.18 Å². The summed E-state index contributed by atoms with van der Waals surface area (Å²) in [6.07, 6.45) is 0.410. The summed E-state index contributed by atoms with van der Waals surface area (Å²) >= 11 is 0. The van der Waals surface area contributed by atoms with E-state index in [-0.39, 0.29) is 11.5 Å². The number of piperidine rings is 1. The molecule has 2 aromatic carbocycles. The van der Waals surface area contributed by atoms with Gasteiger partial charge < -0.3 is 20.2 Å². The predicted molar refractivity (Wildman–Crippen MR) is 99.5 cm³/mol. The fourth-order valence-electron chi connectivity index (χ4n) is 3.51. The van der Waals surface area contributed by atoms with Crippen LogP contribution in [-0.4, -0.2) is 40.1 Å². The van der Waals surface area contributed by atoms with Crippen molar-refractivity contribution in [3.05, 3.63) is 53.7 Å². The molecule has 0 radical (unpaired) electrons. The molecule has 1 aliphatic rings. The minimum absolute atomic E-state index is 0.0683. The molecule has 144 valence electrons. The fourth-order valence-corrected chi connectivity index (χ4v) is 3.51. The number of benzene rings is 2. The highest BCUT2D eigenvalue weighted by atomic mass is 19.1. The molecule has 0 spiro atoms. The first kappa shape index (κ1) is 18.0. The molecule has 1 fully saturated rings. The van der Waals surface area contributed by atoms with E-state index < -0.39 is 17.8 Å². The number of primary amides is 1. The van der Waals surface area contributed by atoms with Crippen LogP contribution >= 0.6 is 0 Å². The molecule has 28 heavy (non-hydrogen) atoms. The Labute approximate surface area is 159 Å². The van der Waals surface area contributed by atoms with Crippen LogP contribution in [0.25, 0.3) is 22.2 Å². The zero-order valence-corrected chi connectivity index (χ0v) is 14.9. The number of hydrogen-bond donors (Lipinski definition) is 2. The molecule has 1 aliphatic heterocycles. The highest BCUT2D eigenvalue weighted by molar-refractivity contribution is 5.93. The maximum Gasteiger partial charge on any atom is 0.407 e. The van der Waals surface area contributed by atoms with Gasteiger partial charge in [0.15, 0.2) is 11.5 Å². The molecule has 2 heterocycles. The molecule has 3 N–H and O–H groups in total. The van der Waals surface area contributed by atoms with Crippen molar-refractivity contribution < 1.29 is 23.5 Å². The molecule has 0 aliphatic carbocycles. The molecule has 0 atom stereocenters. The summed E-state index contributed by atoms with van der Waals surface area (Å²) in [4.78, 5) is 28.2. The van der Waals surface area contributed by atoms with Crippen LogP contribution < -0.4 is 5.73 Å². The van der Waals surface area contributed by atoms with Crippen LogP contribution in [0, 0.1) is 5.82 Å². The van der Waals surface area contributed by atoms with E-state index in [1.54, 1.807) is 24.3 Å². The van der Waals surface area contributed by atoms with Crippen molar-refractivity contribution in [3.8, 4) is 11.1 Å². The number of halogens is 1. The van der Waals surface area contributed by atoms with Gasteiger partial charge in [-0.3, -0.25) is 4.79 Å². The molecule has 7 nitrogen and oxygen atoms in total. The van der Waals surface area contributed by atoms with E-state index in [4.69, 9.17) is 15.3 Å². The van der Waals surface area contributed by atoms with Gasteiger partial charge in [0.25, 0.3) is 5.91 Å². The van der Waals surface area contributed by atoms with Gasteiger partial charge in [-0.1, -0.05) is 12.1 Å². The van der Waals surface area contributed by atoms with Crippen LogP contribution in [0.3, 0.4) is 0 Å². The van der Waals surface area contributed by atoms with Crippen LogP contribution in [0.15, 0.2) is 40.8 Å². The molecule has 1 saturated heterocycles. The first-order valence-corrected chi connectivity index (χ1v) is 8.90.